The Labute approximate surface area is 153 Å². The van der Waals surface area contributed by atoms with Gasteiger partial charge in [-0.1, -0.05) is 23.7 Å². The van der Waals surface area contributed by atoms with Gasteiger partial charge in [0.15, 0.2) is 5.82 Å². The molecule has 0 saturated heterocycles. The molecule has 2 aromatic carbocycles. The number of fused-ring (bicyclic) bond motifs is 1. The van der Waals surface area contributed by atoms with Gasteiger partial charge in [0.2, 0.25) is 0 Å². The van der Waals surface area contributed by atoms with Gasteiger partial charge in [-0.2, -0.15) is 0 Å². The Hall–Kier alpha value is -2.76. The minimum Gasteiger partial charge on any atom is -0.338 e. The third kappa shape index (κ3) is 3.68. The van der Waals surface area contributed by atoms with E-state index in [2.05, 4.69) is 26.3 Å². The lowest BCUT2D eigenvalue weighted by Gasteiger charge is -2.07. The lowest BCUT2D eigenvalue weighted by molar-refractivity contribution is 1.29. The van der Waals surface area contributed by atoms with Gasteiger partial charge in [0.05, 0.1) is 16.4 Å². The van der Waals surface area contributed by atoms with E-state index in [0.29, 0.717) is 10.8 Å². The van der Waals surface area contributed by atoms with Crippen molar-refractivity contribution in [2.45, 2.75) is 0 Å². The van der Waals surface area contributed by atoms with Crippen LogP contribution in [0.5, 0.6) is 0 Å². The zero-order chi connectivity index (χ0) is 17.1. The van der Waals surface area contributed by atoms with Crippen LogP contribution in [0, 0.1) is 0 Å². The number of anilines is 2. The van der Waals surface area contributed by atoms with E-state index in [1.165, 1.54) is 0 Å². The number of hydrogen-bond acceptors (Lipinski definition) is 5. The van der Waals surface area contributed by atoms with Gasteiger partial charge >= 0.3 is 0 Å². The van der Waals surface area contributed by atoms with E-state index in [9.17, 15) is 0 Å². The number of para-hydroxylation sites is 1. The molecule has 0 spiro atoms. The van der Waals surface area contributed by atoms with Crippen LogP contribution in [-0.2, 0) is 0 Å². The Morgan fingerprint density at radius 3 is 2.68 bits per heavy atom. The summed E-state index contributed by atoms with van der Waals surface area (Å²) in [5.74, 6) is 0.683. The van der Waals surface area contributed by atoms with Crippen LogP contribution in [0.15, 0.2) is 71.9 Å². The number of nitrogens with one attached hydrogen (secondary N) is 1. The van der Waals surface area contributed by atoms with E-state index < -0.39 is 0 Å². The van der Waals surface area contributed by atoms with Gasteiger partial charge in [0.25, 0.3) is 0 Å². The van der Waals surface area contributed by atoms with Gasteiger partial charge in [-0.25, -0.2) is 15.0 Å². The fraction of sp³-hybridized carbons (Fsp3) is 0. The number of nitrogens with zero attached hydrogens (tertiary/aromatic N) is 3. The van der Waals surface area contributed by atoms with Crippen molar-refractivity contribution >= 4 is 56.6 Å². The minimum atomic E-state index is 0.683. The molecule has 6 heteroatoms. The molecular weight excluding hydrogens is 352 g/mol. The first-order chi connectivity index (χ1) is 12.3. The van der Waals surface area contributed by atoms with E-state index in [4.69, 9.17) is 11.6 Å². The molecule has 0 atom stereocenters. The van der Waals surface area contributed by atoms with Gasteiger partial charge in [0.1, 0.15) is 10.7 Å². The van der Waals surface area contributed by atoms with Crippen molar-refractivity contribution in [1.29, 1.82) is 0 Å². The summed E-state index contributed by atoms with van der Waals surface area (Å²) in [6, 6.07) is 19.3. The second-order valence-corrected chi connectivity index (χ2v) is 6.78. The maximum absolute atomic E-state index is 5.92. The number of hydrogen-bond donors (Lipinski definition) is 1. The van der Waals surface area contributed by atoms with Gasteiger partial charge in [-0.05, 0) is 48.5 Å². The van der Waals surface area contributed by atoms with E-state index in [1.54, 1.807) is 23.7 Å². The van der Waals surface area contributed by atoms with Crippen LogP contribution in [0.4, 0.5) is 17.2 Å². The third-order valence-corrected chi connectivity index (χ3v) is 4.74. The normalized spacial score (nSPS) is 11.2. The number of benzene rings is 2. The second kappa shape index (κ2) is 7.01. The van der Waals surface area contributed by atoms with Crippen LogP contribution in [-0.4, -0.2) is 16.2 Å². The Balaban J connectivity index is 1.60. The van der Waals surface area contributed by atoms with Crippen LogP contribution in [0.2, 0.25) is 5.02 Å². The molecule has 0 aliphatic heterocycles. The lowest BCUT2D eigenvalue weighted by atomic mass is 10.3. The molecule has 25 heavy (non-hydrogen) atoms. The molecule has 0 fully saturated rings. The number of aliphatic imine (C=N–C) groups is 1. The van der Waals surface area contributed by atoms with Gasteiger partial charge in [-0.15, -0.1) is 11.3 Å². The molecular formula is C19H13ClN4S. The van der Waals surface area contributed by atoms with Gasteiger partial charge in [-0.3, -0.25) is 0 Å². The molecule has 122 valence electrons. The first-order valence-corrected chi connectivity index (χ1v) is 8.85. The third-order valence-electron chi connectivity index (χ3n) is 3.52. The molecule has 4 aromatic rings. The smallest absolute Gasteiger partial charge is 0.156 e. The van der Waals surface area contributed by atoms with Crippen LogP contribution in [0.3, 0.4) is 0 Å². The molecule has 2 aromatic heterocycles. The predicted octanol–water partition coefficient (Wildman–Crippen LogP) is 5.84. The van der Waals surface area contributed by atoms with Crippen molar-refractivity contribution in [3.63, 3.8) is 0 Å². The van der Waals surface area contributed by atoms with Crippen molar-refractivity contribution < 1.29 is 0 Å². The summed E-state index contributed by atoms with van der Waals surface area (Å²) in [6.07, 6.45) is 3.50. The van der Waals surface area contributed by atoms with Crippen molar-refractivity contribution in [2.75, 3.05) is 5.32 Å². The first kappa shape index (κ1) is 15.7. The number of aromatic nitrogens is 2. The summed E-state index contributed by atoms with van der Waals surface area (Å²) in [7, 11) is 0. The number of pyridine rings is 1. The molecule has 0 unspecified atom stereocenters. The fourth-order valence-electron chi connectivity index (χ4n) is 2.34. The Bertz CT molecular complexity index is 1010. The van der Waals surface area contributed by atoms with E-state index in [1.807, 2.05) is 54.6 Å². The quantitative estimate of drug-likeness (QED) is 0.463. The molecule has 4 nitrogen and oxygen atoms in total. The van der Waals surface area contributed by atoms with Crippen LogP contribution < -0.4 is 5.32 Å². The van der Waals surface area contributed by atoms with E-state index >= 15 is 0 Å². The molecule has 1 N–H and O–H groups in total. The molecule has 0 bridgehead atoms. The maximum atomic E-state index is 5.92. The Morgan fingerprint density at radius 1 is 1.00 bits per heavy atom. The monoisotopic (exact) mass is 364 g/mol. The van der Waals surface area contributed by atoms with Crippen LogP contribution in [0.1, 0.15) is 5.01 Å². The molecule has 0 aliphatic rings. The zero-order valence-electron chi connectivity index (χ0n) is 13.1. The predicted molar refractivity (Wildman–Crippen MR) is 106 cm³/mol. The minimum absolute atomic E-state index is 0.683. The number of rotatable bonds is 4. The summed E-state index contributed by atoms with van der Waals surface area (Å²) in [6.45, 7) is 0. The van der Waals surface area contributed by atoms with Crippen molar-refractivity contribution in [3.05, 3.63) is 76.9 Å². The zero-order valence-corrected chi connectivity index (χ0v) is 14.6. The van der Waals surface area contributed by atoms with Gasteiger partial charge < -0.3 is 5.32 Å². The number of thiazole rings is 1. The Morgan fingerprint density at radius 2 is 1.84 bits per heavy atom. The molecule has 0 saturated carbocycles. The molecule has 0 amide bonds. The maximum Gasteiger partial charge on any atom is 0.156 e. The average molecular weight is 365 g/mol. The van der Waals surface area contributed by atoms with Crippen LogP contribution >= 0.6 is 22.9 Å². The molecule has 4 rings (SSSR count). The molecule has 2 heterocycles. The Kier molecular flexibility index (Phi) is 4.41. The summed E-state index contributed by atoms with van der Waals surface area (Å²) in [5, 5.41) is 4.82. The summed E-state index contributed by atoms with van der Waals surface area (Å²) >= 11 is 7.54. The lowest BCUT2D eigenvalue weighted by Crippen LogP contribution is -1.93. The SMILES string of the molecule is Clc1ccc(Nc2ncccc2N=Cc2nc3ccccc3s2)cc1. The van der Waals surface area contributed by atoms with Crippen molar-refractivity contribution in [1.82, 2.24) is 9.97 Å². The number of halogens is 1. The first-order valence-electron chi connectivity index (χ1n) is 7.65. The highest BCUT2D eigenvalue weighted by atomic mass is 35.5. The molecule has 0 aliphatic carbocycles. The average Bonchev–Trinajstić information content (AvgIpc) is 3.06. The largest absolute Gasteiger partial charge is 0.338 e. The highest BCUT2D eigenvalue weighted by Crippen LogP contribution is 2.27. The van der Waals surface area contributed by atoms with E-state index in [0.717, 1.165) is 26.6 Å². The van der Waals surface area contributed by atoms with Crippen molar-refractivity contribution in [3.8, 4) is 0 Å². The summed E-state index contributed by atoms with van der Waals surface area (Å²) in [5.41, 5.74) is 2.64. The van der Waals surface area contributed by atoms with E-state index in [-0.39, 0.29) is 0 Å². The highest BCUT2D eigenvalue weighted by molar-refractivity contribution is 7.20. The fourth-order valence-corrected chi connectivity index (χ4v) is 3.30. The highest BCUT2D eigenvalue weighted by Gasteiger charge is 2.04. The second-order valence-electron chi connectivity index (χ2n) is 5.28. The summed E-state index contributed by atoms with van der Waals surface area (Å²) < 4.78 is 1.15. The standard InChI is InChI=1S/C19H13ClN4S/c20-13-7-9-14(10-8-13)23-19-16(5-3-11-21-19)22-12-18-24-15-4-1-2-6-17(15)25-18/h1-12H,(H,21,23). The topological polar surface area (TPSA) is 50.2 Å². The van der Waals surface area contributed by atoms with Crippen molar-refractivity contribution in [2.24, 2.45) is 4.99 Å². The van der Waals surface area contributed by atoms with Gasteiger partial charge in [0, 0.05) is 16.9 Å². The summed E-state index contributed by atoms with van der Waals surface area (Å²) in [4.78, 5) is 13.5. The van der Waals surface area contributed by atoms with Crippen LogP contribution in [0.25, 0.3) is 10.2 Å². The molecule has 0 radical (unpaired) electrons.